The van der Waals surface area contributed by atoms with Crippen LogP contribution in [0.15, 0.2) is 30.5 Å². The van der Waals surface area contributed by atoms with Gasteiger partial charge in [0.1, 0.15) is 11.3 Å². The standard InChI is InChI=1S/C27H37N5O2/c33-26(31-27-16-19-13-20(17-27)15-21(14-19)18-27)30-23-4-5-24(25-22(23)3-1-6-29-25)34-12-2-9-32-10-7-28-8-11-32/h1,3-6,19-21,28H,2,7-18H2,(H2,30,31,33). The number of anilines is 1. The minimum atomic E-state index is -0.0863. The van der Waals surface area contributed by atoms with Crippen LogP contribution in [-0.4, -0.2) is 60.8 Å². The summed E-state index contributed by atoms with van der Waals surface area (Å²) in [6.07, 6.45) is 10.3. The number of rotatable bonds is 7. The van der Waals surface area contributed by atoms with Crippen molar-refractivity contribution >= 4 is 22.6 Å². The van der Waals surface area contributed by atoms with Gasteiger partial charge in [-0.05, 0) is 87.0 Å². The Morgan fingerprint density at radius 1 is 1.09 bits per heavy atom. The lowest BCUT2D eigenvalue weighted by molar-refractivity contribution is -0.0127. The minimum Gasteiger partial charge on any atom is -0.491 e. The van der Waals surface area contributed by atoms with Gasteiger partial charge in [0.05, 0.1) is 12.3 Å². The average Bonchev–Trinajstić information content (AvgIpc) is 2.82. The third kappa shape index (κ3) is 4.60. The molecule has 1 aliphatic heterocycles. The number of urea groups is 1. The second-order valence-corrected chi connectivity index (χ2v) is 11.1. The van der Waals surface area contributed by atoms with Crippen molar-refractivity contribution in [3.8, 4) is 5.75 Å². The van der Waals surface area contributed by atoms with Crippen molar-refractivity contribution in [3.63, 3.8) is 0 Å². The zero-order chi connectivity index (χ0) is 23.0. The highest BCUT2D eigenvalue weighted by Crippen LogP contribution is 2.55. The largest absolute Gasteiger partial charge is 0.491 e. The Balaban J connectivity index is 1.10. The number of piperazine rings is 1. The molecule has 3 N–H and O–H groups in total. The normalized spacial score (nSPS) is 30.4. The maximum absolute atomic E-state index is 13.1. The highest BCUT2D eigenvalue weighted by molar-refractivity contribution is 6.02. The van der Waals surface area contributed by atoms with E-state index in [0.29, 0.717) is 6.61 Å². The van der Waals surface area contributed by atoms with Crippen LogP contribution in [0.3, 0.4) is 0 Å². The van der Waals surface area contributed by atoms with Gasteiger partial charge >= 0.3 is 6.03 Å². The van der Waals surface area contributed by atoms with Gasteiger partial charge in [-0.2, -0.15) is 0 Å². The van der Waals surface area contributed by atoms with E-state index in [1.165, 1.54) is 19.3 Å². The summed E-state index contributed by atoms with van der Waals surface area (Å²) < 4.78 is 6.13. The molecule has 7 heteroatoms. The number of amides is 2. The lowest BCUT2D eigenvalue weighted by Crippen LogP contribution is -2.60. The van der Waals surface area contributed by atoms with Crippen molar-refractivity contribution in [2.24, 2.45) is 17.8 Å². The van der Waals surface area contributed by atoms with Crippen LogP contribution in [-0.2, 0) is 0 Å². The van der Waals surface area contributed by atoms with E-state index in [-0.39, 0.29) is 11.6 Å². The molecule has 1 aromatic heterocycles. The SMILES string of the molecule is O=C(Nc1ccc(OCCCN2CCNCC2)c2ncccc12)NC12CC3CC(CC(C3)C1)C2. The number of nitrogens with zero attached hydrogens (tertiary/aromatic N) is 2. The first-order valence-corrected chi connectivity index (χ1v) is 13.2. The van der Waals surface area contributed by atoms with Gasteiger partial charge in [0, 0.05) is 49.8 Å². The molecule has 4 bridgehead atoms. The molecule has 7 rings (SSSR count). The van der Waals surface area contributed by atoms with E-state index in [1.54, 1.807) is 6.20 Å². The molecule has 0 atom stereocenters. The van der Waals surface area contributed by atoms with Crippen molar-refractivity contribution in [3.05, 3.63) is 30.5 Å². The first-order chi connectivity index (χ1) is 16.7. The number of nitrogens with one attached hydrogen (secondary N) is 3. The zero-order valence-corrected chi connectivity index (χ0v) is 20.0. The third-order valence-electron chi connectivity index (χ3n) is 8.48. The molecule has 0 unspecified atom stereocenters. The van der Waals surface area contributed by atoms with Gasteiger partial charge < -0.3 is 25.6 Å². The van der Waals surface area contributed by atoms with E-state index in [9.17, 15) is 4.79 Å². The van der Waals surface area contributed by atoms with Gasteiger partial charge in [0.2, 0.25) is 0 Å². The molecule has 182 valence electrons. The Hall–Kier alpha value is -2.38. The predicted octanol–water partition coefficient (Wildman–Crippen LogP) is 4.00. The average molecular weight is 464 g/mol. The minimum absolute atomic E-state index is 0.000355. The molecule has 34 heavy (non-hydrogen) atoms. The van der Waals surface area contributed by atoms with Crippen LogP contribution >= 0.6 is 0 Å². The van der Waals surface area contributed by atoms with E-state index < -0.39 is 0 Å². The molecule has 1 aromatic carbocycles. The van der Waals surface area contributed by atoms with E-state index >= 15 is 0 Å². The van der Waals surface area contributed by atoms with E-state index in [4.69, 9.17) is 4.74 Å². The zero-order valence-electron chi connectivity index (χ0n) is 20.0. The molecule has 5 fully saturated rings. The number of aromatic nitrogens is 1. The van der Waals surface area contributed by atoms with Crippen molar-refractivity contribution in [1.29, 1.82) is 0 Å². The van der Waals surface area contributed by atoms with Crippen molar-refractivity contribution in [1.82, 2.24) is 20.5 Å². The fourth-order valence-electron chi connectivity index (χ4n) is 7.44. The van der Waals surface area contributed by atoms with Gasteiger partial charge in [0.15, 0.2) is 0 Å². The van der Waals surface area contributed by atoms with Gasteiger partial charge in [-0.1, -0.05) is 0 Å². The number of carbonyl (C=O) groups excluding carboxylic acids is 1. The number of carbonyl (C=O) groups is 1. The highest BCUT2D eigenvalue weighted by atomic mass is 16.5. The van der Waals surface area contributed by atoms with Crippen LogP contribution in [0, 0.1) is 17.8 Å². The van der Waals surface area contributed by atoms with Gasteiger partial charge in [-0.25, -0.2) is 4.79 Å². The van der Waals surface area contributed by atoms with E-state index in [0.717, 1.165) is 98.5 Å². The fraction of sp³-hybridized carbons (Fsp3) is 0.630. The van der Waals surface area contributed by atoms with E-state index in [2.05, 4.69) is 25.8 Å². The molecule has 2 aromatic rings. The van der Waals surface area contributed by atoms with Gasteiger partial charge in [-0.15, -0.1) is 0 Å². The van der Waals surface area contributed by atoms with E-state index in [1.807, 2.05) is 24.3 Å². The molecule has 4 saturated carbocycles. The summed E-state index contributed by atoms with van der Waals surface area (Å²) in [5.41, 5.74) is 1.59. The summed E-state index contributed by atoms with van der Waals surface area (Å²) in [5, 5.41) is 10.9. The molecule has 1 saturated heterocycles. The second-order valence-electron chi connectivity index (χ2n) is 11.1. The molecule has 7 nitrogen and oxygen atoms in total. The molecular weight excluding hydrogens is 426 g/mol. The molecule has 0 spiro atoms. The van der Waals surface area contributed by atoms with Crippen LogP contribution in [0.5, 0.6) is 5.75 Å². The Morgan fingerprint density at radius 2 is 1.82 bits per heavy atom. The summed E-state index contributed by atoms with van der Waals surface area (Å²) in [5.74, 6) is 3.20. The van der Waals surface area contributed by atoms with Crippen molar-refractivity contribution in [2.75, 3.05) is 44.6 Å². The van der Waals surface area contributed by atoms with Crippen molar-refractivity contribution in [2.45, 2.75) is 50.5 Å². The Bertz CT molecular complexity index is 1000. The first kappa shape index (κ1) is 22.1. The van der Waals surface area contributed by atoms with Crippen LogP contribution < -0.4 is 20.7 Å². The smallest absolute Gasteiger partial charge is 0.319 e. The number of ether oxygens (including phenoxy) is 1. The Morgan fingerprint density at radius 3 is 2.56 bits per heavy atom. The molecule has 5 aliphatic rings. The van der Waals surface area contributed by atoms with Crippen LogP contribution in [0.25, 0.3) is 10.9 Å². The monoisotopic (exact) mass is 463 g/mol. The number of hydrogen-bond acceptors (Lipinski definition) is 5. The van der Waals surface area contributed by atoms with Crippen LogP contribution in [0.2, 0.25) is 0 Å². The summed E-state index contributed by atoms with van der Waals surface area (Å²) in [6.45, 7) is 6.07. The lowest BCUT2D eigenvalue weighted by atomic mass is 9.53. The molecule has 2 heterocycles. The summed E-state index contributed by atoms with van der Waals surface area (Å²) >= 11 is 0. The summed E-state index contributed by atoms with van der Waals surface area (Å²) in [6, 6.07) is 7.74. The van der Waals surface area contributed by atoms with Crippen LogP contribution in [0.1, 0.15) is 44.9 Å². The molecular formula is C27H37N5O2. The highest BCUT2D eigenvalue weighted by Gasteiger charge is 2.51. The van der Waals surface area contributed by atoms with Crippen LogP contribution in [0.4, 0.5) is 10.5 Å². The van der Waals surface area contributed by atoms with Gasteiger partial charge in [0.25, 0.3) is 0 Å². The number of pyridine rings is 1. The Labute approximate surface area is 202 Å². The number of hydrogen-bond donors (Lipinski definition) is 3. The fourth-order valence-corrected chi connectivity index (χ4v) is 7.44. The van der Waals surface area contributed by atoms with Crippen molar-refractivity contribution < 1.29 is 9.53 Å². The summed E-state index contributed by atoms with van der Waals surface area (Å²) in [7, 11) is 0. The quantitative estimate of drug-likeness (QED) is 0.541. The maximum atomic E-state index is 13.1. The first-order valence-electron chi connectivity index (χ1n) is 13.2. The molecule has 0 radical (unpaired) electrons. The number of fused-ring (bicyclic) bond motifs is 1. The third-order valence-corrected chi connectivity index (χ3v) is 8.48. The molecule has 4 aliphatic carbocycles. The maximum Gasteiger partial charge on any atom is 0.319 e. The number of benzene rings is 1. The lowest BCUT2D eigenvalue weighted by Gasteiger charge is -2.56. The second kappa shape index (κ2) is 9.34. The molecule has 2 amide bonds. The topological polar surface area (TPSA) is 78.5 Å². The van der Waals surface area contributed by atoms with Gasteiger partial charge in [-0.3, -0.25) is 4.98 Å². The summed E-state index contributed by atoms with van der Waals surface area (Å²) in [4.78, 5) is 20.2. The predicted molar refractivity (Wildman–Crippen MR) is 134 cm³/mol. The Kier molecular flexibility index (Phi) is 6.08.